The standard InChI is InChI=1S/C13H17N5S/c1-8-11(14-2)17-13(9-3-4-9)18-12(8)15-5-10-6-19-7-16-10/h6-7,9H,3-5H2,1-2H3,(H2,14,15,17,18). The highest BCUT2D eigenvalue weighted by Crippen LogP contribution is 2.39. The van der Waals surface area contributed by atoms with Crippen LogP contribution in [0.15, 0.2) is 10.9 Å². The Balaban J connectivity index is 1.83. The average Bonchev–Trinajstić information content (AvgIpc) is 3.14. The van der Waals surface area contributed by atoms with Crippen molar-refractivity contribution in [2.24, 2.45) is 0 Å². The van der Waals surface area contributed by atoms with E-state index in [2.05, 4.69) is 25.6 Å². The molecule has 5 nitrogen and oxygen atoms in total. The number of nitrogens with zero attached hydrogens (tertiary/aromatic N) is 3. The van der Waals surface area contributed by atoms with E-state index in [0.717, 1.165) is 28.7 Å². The molecule has 2 N–H and O–H groups in total. The molecule has 2 aromatic heterocycles. The molecule has 1 aliphatic carbocycles. The van der Waals surface area contributed by atoms with Gasteiger partial charge in [0.2, 0.25) is 0 Å². The summed E-state index contributed by atoms with van der Waals surface area (Å²) in [4.78, 5) is 13.5. The van der Waals surface area contributed by atoms with Gasteiger partial charge in [-0.2, -0.15) is 0 Å². The Bertz CT molecular complexity index is 563. The van der Waals surface area contributed by atoms with Crippen molar-refractivity contribution in [1.82, 2.24) is 15.0 Å². The van der Waals surface area contributed by atoms with Gasteiger partial charge in [0.05, 0.1) is 17.7 Å². The molecule has 0 spiro atoms. The number of anilines is 2. The lowest BCUT2D eigenvalue weighted by Crippen LogP contribution is -2.09. The van der Waals surface area contributed by atoms with Crippen molar-refractivity contribution in [3.63, 3.8) is 0 Å². The molecule has 0 aliphatic heterocycles. The van der Waals surface area contributed by atoms with E-state index in [4.69, 9.17) is 0 Å². The van der Waals surface area contributed by atoms with Crippen LogP contribution in [-0.2, 0) is 6.54 Å². The van der Waals surface area contributed by atoms with Crippen molar-refractivity contribution in [2.45, 2.75) is 32.2 Å². The molecule has 0 saturated heterocycles. The third-order valence-corrected chi connectivity index (χ3v) is 3.90. The largest absolute Gasteiger partial charge is 0.373 e. The van der Waals surface area contributed by atoms with Gasteiger partial charge in [-0.1, -0.05) is 0 Å². The Morgan fingerprint density at radius 2 is 2.11 bits per heavy atom. The van der Waals surface area contributed by atoms with E-state index in [0.29, 0.717) is 12.5 Å². The second-order valence-corrected chi connectivity index (χ2v) is 5.48. The maximum absolute atomic E-state index is 4.66. The Morgan fingerprint density at radius 1 is 1.32 bits per heavy atom. The summed E-state index contributed by atoms with van der Waals surface area (Å²) >= 11 is 1.61. The van der Waals surface area contributed by atoms with Crippen LogP contribution in [-0.4, -0.2) is 22.0 Å². The number of hydrogen-bond acceptors (Lipinski definition) is 6. The van der Waals surface area contributed by atoms with E-state index in [1.165, 1.54) is 12.8 Å². The van der Waals surface area contributed by atoms with Gasteiger partial charge in [0.25, 0.3) is 0 Å². The van der Waals surface area contributed by atoms with Gasteiger partial charge in [-0.3, -0.25) is 0 Å². The molecule has 0 radical (unpaired) electrons. The van der Waals surface area contributed by atoms with Gasteiger partial charge in [0, 0.05) is 23.9 Å². The molecule has 0 atom stereocenters. The average molecular weight is 275 g/mol. The van der Waals surface area contributed by atoms with Crippen LogP contribution in [0.3, 0.4) is 0 Å². The Labute approximate surface area is 116 Å². The molecule has 0 unspecified atom stereocenters. The molecule has 0 bridgehead atoms. The van der Waals surface area contributed by atoms with Gasteiger partial charge in [-0.15, -0.1) is 11.3 Å². The van der Waals surface area contributed by atoms with Gasteiger partial charge in [0.1, 0.15) is 17.5 Å². The predicted molar refractivity (Wildman–Crippen MR) is 77.7 cm³/mol. The highest BCUT2D eigenvalue weighted by molar-refractivity contribution is 7.07. The van der Waals surface area contributed by atoms with Crippen LogP contribution in [0.2, 0.25) is 0 Å². The molecule has 6 heteroatoms. The predicted octanol–water partition coefficient (Wildman–Crippen LogP) is 2.77. The molecule has 1 fully saturated rings. The summed E-state index contributed by atoms with van der Waals surface area (Å²) in [5.41, 5.74) is 3.95. The van der Waals surface area contributed by atoms with E-state index in [1.54, 1.807) is 11.3 Å². The third kappa shape index (κ3) is 2.68. The number of hydrogen-bond donors (Lipinski definition) is 2. The minimum Gasteiger partial charge on any atom is -0.373 e. The summed E-state index contributed by atoms with van der Waals surface area (Å²) in [6, 6.07) is 0. The second-order valence-electron chi connectivity index (χ2n) is 4.76. The molecule has 1 aliphatic rings. The lowest BCUT2D eigenvalue weighted by atomic mass is 10.2. The molecular formula is C13H17N5S. The summed E-state index contributed by atoms with van der Waals surface area (Å²) in [5.74, 6) is 3.33. The topological polar surface area (TPSA) is 62.7 Å². The zero-order valence-electron chi connectivity index (χ0n) is 11.1. The SMILES string of the molecule is CNc1nc(C2CC2)nc(NCc2cscn2)c1C. The fourth-order valence-corrected chi connectivity index (χ4v) is 2.53. The molecule has 2 aromatic rings. The minimum absolute atomic E-state index is 0.549. The van der Waals surface area contributed by atoms with Gasteiger partial charge < -0.3 is 10.6 Å². The van der Waals surface area contributed by atoms with Crippen molar-refractivity contribution in [3.8, 4) is 0 Å². The summed E-state index contributed by atoms with van der Waals surface area (Å²) in [5, 5.41) is 8.56. The second kappa shape index (κ2) is 5.13. The van der Waals surface area contributed by atoms with Crippen molar-refractivity contribution in [2.75, 3.05) is 17.7 Å². The first-order valence-corrected chi connectivity index (χ1v) is 7.39. The maximum atomic E-state index is 4.66. The fourth-order valence-electron chi connectivity index (χ4n) is 1.97. The Morgan fingerprint density at radius 3 is 2.74 bits per heavy atom. The first kappa shape index (κ1) is 12.3. The smallest absolute Gasteiger partial charge is 0.136 e. The molecule has 1 saturated carbocycles. The summed E-state index contributed by atoms with van der Waals surface area (Å²) in [6.07, 6.45) is 2.41. The van der Waals surface area contributed by atoms with E-state index < -0.39 is 0 Å². The summed E-state index contributed by atoms with van der Waals surface area (Å²) < 4.78 is 0. The van der Waals surface area contributed by atoms with E-state index in [-0.39, 0.29) is 0 Å². The van der Waals surface area contributed by atoms with E-state index >= 15 is 0 Å². The van der Waals surface area contributed by atoms with Crippen molar-refractivity contribution < 1.29 is 0 Å². The zero-order valence-corrected chi connectivity index (χ0v) is 11.9. The van der Waals surface area contributed by atoms with Crippen LogP contribution < -0.4 is 10.6 Å². The minimum atomic E-state index is 0.549. The molecule has 2 heterocycles. The lowest BCUT2D eigenvalue weighted by Gasteiger charge is -2.13. The van der Waals surface area contributed by atoms with E-state index in [9.17, 15) is 0 Å². The lowest BCUT2D eigenvalue weighted by molar-refractivity contribution is 0.910. The molecule has 0 amide bonds. The van der Waals surface area contributed by atoms with Crippen LogP contribution in [0.25, 0.3) is 0 Å². The van der Waals surface area contributed by atoms with Crippen molar-refractivity contribution in [1.29, 1.82) is 0 Å². The molecule has 100 valence electrons. The highest BCUT2D eigenvalue weighted by atomic mass is 32.1. The molecule has 0 aromatic carbocycles. The first-order valence-electron chi connectivity index (χ1n) is 6.45. The van der Waals surface area contributed by atoms with Crippen molar-refractivity contribution in [3.05, 3.63) is 28.0 Å². The molecular weight excluding hydrogens is 258 g/mol. The van der Waals surface area contributed by atoms with Crippen LogP contribution in [0.5, 0.6) is 0 Å². The third-order valence-electron chi connectivity index (χ3n) is 3.26. The number of aromatic nitrogens is 3. The van der Waals surface area contributed by atoms with Gasteiger partial charge >= 0.3 is 0 Å². The van der Waals surface area contributed by atoms with Gasteiger partial charge in [0.15, 0.2) is 0 Å². The van der Waals surface area contributed by atoms with Gasteiger partial charge in [-0.05, 0) is 19.8 Å². The monoisotopic (exact) mass is 275 g/mol. The Hall–Kier alpha value is -1.69. The number of rotatable bonds is 5. The quantitative estimate of drug-likeness (QED) is 0.878. The molecule has 3 rings (SSSR count). The summed E-state index contributed by atoms with van der Waals surface area (Å²) in [6.45, 7) is 2.74. The maximum Gasteiger partial charge on any atom is 0.136 e. The van der Waals surface area contributed by atoms with Crippen LogP contribution in [0.4, 0.5) is 11.6 Å². The van der Waals surface area contributed by atoms with Gasteiger partial charge in [-0.25, -0.2) is 15.0 Å². The Kier molecular flexibility index (Phi) is 3.33. The first-order chi connectivity index (χ1) is 9.28. The number of nitrogens with one attached hydrogen (secondary N) is 2. The van der Waals surface area contributed by atoms with E-state index in [1.807, 2.05) is 24.9 Å². The fraction of sp³-hybridized carbons (Fsp3) is 0.462. The highest BCUT2D eigenvalue weighted by Gasteiger charge is 2.28. The van der Waals surface area contributed by atoms with Crippen LogP contribution in [0, 0.1) is 6.92 Å². The van der Waals surface area contributed by atoms with Crippen LogP contribution >= 0.6 is 11.3 Å². The summed E-state index contributed by atoms with van der Waals surface area (Å²) in [7, 11) is 1.90. The van der Waals surface area contributed by atoms with Crippen LogP contribution in [0.1, 0.15) is 35.8 Å². The number of thiazole rings is 1. The zero-order chi connectivity index (χ0) is 13.2. The normalized spacial score (nSPS) is 14.4. The van der Waals surface area contributed by atoms with Crippen molar-refractivity contribution >= 4 is 23.0 Å². The molecule has 19 heavy (non-hydrogen) atoms.